The van der Waals surface area contributed by atoms with Crippen molar-refractivity contribution in [2.75, 3.05) is 4.90 Å². The Hall–Kier alpha value is -3.06. The number of allylic oxidation sites excluding steroid dienone is 3. The Bertz CT molecular complexity index is 1350. The molecule has 5 rings (SSSR count). The number of anilines is 1. The van der Waals surface area contributed by atoms with Crippen LogP contribution in [0.2, 0.25) is 5.02 Å². The minimum absolute atomic E-state index is 0.0243. The summed E-state index contributed by atoms with van der Waals surface area (Å²) in [6, 6.07) is 12.0. The van der Waals surface area contributed by atoms with Crippen LogP contribution in [-0.4, -0.2) is 5.78 Å². The van der Waals surface area contributed by atoms with Crippen molar-refractivity contribution in [2.24, 2.45) is 11.1 Å². The molecule has 2 N–H and O–H groups in total. The standard InChI is InChI=1S/C27H25ClN4OS/c1-27(2)11-20-24(21(33)12-27)23(15-7-9-16(28)10-8-15)19(14-30)25(31)32(20)26-18(13-29)17-5-3-4-6-22(17)34-26/h7-10,23H,3-6,11-12,31H2,1-2H3/t23-/m0/s1. The molecule has 0 saturated carbocycles. The van der Waals surface area contributed by atoms with E-state index in [0.717, 1.165) is 47.5 Å². The van der Waals surface area contributed by atoms with Crippen LogP contribution in [0.15, 0.2) is 46.9 Å². The van der Waals surface area contributed by atoms with Crippen molar-refractivity contribution in [1.29, 1.82) is 10.5 Å². The minimum Gasteiger partial charge on any atom is -0.384 e. The van der Waals surface area contributed by atoms with Gasteiger partial charge < -0.3 is 5.73 Å². The number of Topliss-reactive ketones (excluding diaryl/α,β-unsaturated/α-hetero) is 1. The molecule has 0 amide bonds. The molecular weight excluding hydrogens is 464 g/mol. The fraction of sp³-hybridized carbons (Fsp3) is 0.370. The van der Waals surface area contributed by atoms with Gasteiger partial charge in [0.05, 0.1) is 23.1 Å². The van der Waals surface area contributed by atoms with E-state index in [1.807, 2.05) is 17.0 Å². The summed E-state index contributed by atoms with van der Waals surface area (Å²) in [5.41, 5.74) is 10.8. The molecule has 34 heavy (non-hydrogen) atoms. The Morgan fingerprint density at radius 3 is 2.50 bits per heavy atom. The number of nitrogens with zero attached hydrogens (tertiary/aromatic N) is 3. The molecular formula is C27H25ClN4OS. The molecule has 0 unspecified atom stereocenters. The normalized spacial score (nSPS) is 21.6. The maximum absolute atomic E-state index is 13.6. The molecule has 172 valence electrons. The lowest BCUT2D eigenvalue weighted by molar-refractivity contribution is -0.118. The molecule has 3 aliphatic rings. The van der Waals surface area contributed by atoms with E-state index in [0.29, 0.717) is 40.4 Å². The summed E-state index contributed by atoms with van der Waals surface area (Å²) < 4.78 is 0. The van der Waals surface area contributed by atoms with Crippen LogP contribution in [0.3, 0.4) is 0 Å². The van der Waals surface area contributed by atoms with Crippen molar-refractivity contribution in [3.8, 4) is 12.1 Å². The third kappa shape index (κ3) is 3.54. The van der Waals surface area contributed by atoms with E-state index in [1.54, 1.807) is 23.5 Å². The Balaban J connectivity index is 1.79. The van der Waals surface area contributed by atoms with E-state index in [9.17, 15) is 15.3 Å². The average molecular weight is 489 g/mol. The zero-order valence-corrected chi connectivity index (χ0v) is 20.8. The van der Waals surface area contributed by atoms with E-state index in [2.05, 4.69) is 26.0 Å². The van der Waals surface area contributed by atoms with Crippen LogP contribution in [-0.2, 0) is 17.6 Å². The van der Waals surface area contributed by atoms with Gasteiger partial charge in [0, 0.05) is 27.6 Å². The van der Waals surface area contributed by atoms with Gasteiger partial charge in [-0.1, -0.05) is 37.6 Å². The number of carbonyl (C=O) groups excluding carboxylic acids is 1. The van der Waals surface area contributed by atoms with E-state index in [1.165, 1.54) is 4.88 Å². The van der Waals surface area contributed by atoms with Gasteiger partial charge in [-0.05, 0) is 60.8 Å². The monoisotopic (exact) mass is 488 g/mol. The largest absolute Gasteiger partial charge is 0.384 e. The number of carbonyl (C=O) groups is 1. The van der Waals surface area contributed by atoms with Crippen molar-refractivity contribution in [3.63, 3.8) is 0 Å². The molecule has 0 fully saturated rings. The van der Waals surface area contributed by atoms with E-state index in [-0.39, 0.29) is 11.2 Å². The molecule has 1 aliphatic heterocycles. The highest BCUT2D eigenvalue weighted by molar-refractivity contribution is 7.16. The zero-order chi connectivity index (χ0) is 24.2. The van der Waals surface area contributed by atoms with Gasteiger partial charge >= 0.3 is 0 Å². The number of rotatable bonds is 2. The van der Waals surface area contributed by atoms with Crippen LogP contribution >= 0.6 is 22.9 Å². The molecule has 5 nitrogen and oxygen atoms in total. The number of thiophene rings is 1. The van der Waals surface area contributed by atoms with Crippen LogP contribution in [0, 0.1) is 28.1 Å². The van der Waals surface area contributed by atoms with Gasteiger partial charge in [-0.25, -0.2) is 0 Å². The first kappa shape index (κ1) is 22.7. The second-order valence-corrected chi connectivity index (χ2v) is 11.6. The maximum atomic E-state index is 13.6. The highest BCUT2D eigenvalue weighted by atomic mass is 35.5. The molecule has 2 aliphatic carbocycles. The molecule has 0 spiro atoms. The number of hydrogen-bond acceptors (Lipinski definition) is 6. The first-order valence-corrected chi connectivity index (χ1v) is 12.7. The zero-order valence-electron chi connectivity index (χ0n) is 19.2. The molecule has 0 saturated heterocycles. The molecule has 7 heteroatoms. The molecule has 1 atom stereocenters. The summed E-state index contributed by atoms with van der Waals surface area (Å²) >= 11 is 7.70. The lowest BCUT2D eigenvalue weighted by Gasteiger charge is -2.43. The number of halogens is 1. The summed E-state index contributed by atoms with van der Waals surface area (Å²) in [4.78, 5) is 16.7. The summed E-state index contributed by atoms with van der Waals surface area (Å²) in [5.74, 6) is -0.213. The molecule has 2 aromatic rings. The first-order valence-electron chi connectivity index (χ1n) is 11.5. The third-order valence-electron chi connectivity index (χ3n) is 7.05. The summed E-state index contributed by atoms with van der Waals surface area (Å²) in [7, 11) is 0. The Morgan fingerprint density at radius 1 is 1.12 bits per heavy atom. The van der Waals surface area contributed by atoms with Crippen molar-refractivity contribution < 1.29 is 4.79 Å². The SMILES string of the molecule is CC1(C)CC(=O)C2=C(C1)N(c1sc3c(c1C#N)CCCC3)C(N)=C(C#N)[C@@H]2c1ccc(Cl)cc1. The lowest BCUT2D eigenvalue weighted by Crippen LogP contribution is -2.42. The fourth-order valence-corrected chi connectivity index (χ4v) is 7.06. The second-order valence-electron chi connectivity index (χ2n) is 10.0. The van der Waals surface area contributed by atoms with E-state index < -0.39 is 5.92 Å². The Kier molecular flexibility index (Phi) is 5.55. The quantitative estimate of drug-likeness (QED) is 0.551. The van der Waals surface area contributed by atoms with Crippen LogP contribution in [0.25, 0.3) is 0 Å². The topological polar surface area (TPSA) is 93.9 Å². The predicted molar refractivity (Wildman–Crippen MR) is 134 cm³/mol. The fourth-order valence-electron chi connectivity index (χ4n) is 5.55. The van der Waals surface area contributed by atoms with Crippen LogP contribution in [0.1, 0.15) is 67.0 Å². The number of nitrogens with two attached hydrogens (primary N) is 1. The molecule has 2 heterocycles. The van der Waals surface area contributed by atoms with Gasteiger partial charge in [0.15, 0.2) is 5.78 Å². The van der Waals surface area contributed by atoms with E-state index in [4.69, 9.17) is 17.3 Å². The van der Waals surface area contributed by atoms with Gasteiger partial charge in [0.25, 0.3) is 0 Å². The van der Waals surface area contributed by atoms with Crippen LogP contribution in [0.4, 0.5) is 5.00 Å². The van der Waals surface area contributed by atoms with E-state index >= 15 is 0 Å². The highest BCUT2D eigenvalue weighted by Crippen LogP contribution is 2.52. The van der Waals surface area contributed by atoms with Gasteiger partial charge in [-0.3, -0.25) is 9.69 Å². The lowest BCUT2D eigenvalue weighted by atomic mass is 9.68. The number of nitriles is 2. The van der Waals surface area contributed by atoms with Crippen molar-refractivity contribution in [3.05, 3.63) is 73.5 Å². The molecule has 0 radical (unpaired) electrons. The summed E-state index contributed by atoms with van der Waals surface area (Å²) in [6.07, 6.45) is 5.01. The number of hydrogen-bond donors (Lipinski definition) is 1. The highest BCUT2D eigenvalue weighted by Gasteiger charge is 2.45. The van der Waals surface area contributed by atoms with Gasteiger partial charge in [-0.2, -0.15) is 10.5 Å². The van der Waals surface area contributed by atoms with Crippen molar-refractivity contribution in [2.45, 2.75) is 58.3 Å². The second kappa shape index (κ2) is 8.31. The molecule has 1 aromatic heterocycles. The summed E-state index contributed by atoms with van der Waals surface area (Å²) in [6.45, 7) is 4.16. The predicted octanol–water partition coefficient (Wildman–Crippen LogP) is 6.09. The maximum Gasteiger partial charge on any atom is 0.162 e. The van der Waals surface area contributed by atoms with Crippen molar-refractivity contribution in [1.82, 2.24) is 0 Å². The van der Waals surface area contributed by atoms with Gasteiger partial charge in [0.1, 0.15) is 16.9 Å². The number of aryl methyl sites for hydroxylation is 1. The van der Waals surface area contributed by atoms with Crippen LogP contribution < -0.4 is 10.6 Å². The number of ketones is 1. The van der Waals surface area contributed by atoms with Crippen molar-refractivity contribution >= 4 is 33.7 Å². The molecule has 0 bridgehead atoms. The first-order chi connectivity index (χ1) is 16.3. The Morgan fingerprint density at radius 2 is 1.82 bits per heavy atom. The third-order valence-corrected chi connectivity index (χ3v) is 8.58. The molecule has 1 aromatic carbocycles. The summed E-state index contributed by atoms with van der Waals surface area (Å²) in [5, 5.41) is 21.7. The average Bonchev–Trinajstić information content (AvgIpc) is 3.16. The number of benzene rings is 1. The van der Waals surface area contributed by atoms with Crippen LogP contribution in [0.5, 0.6) is 0 Å². The minimum atomic E-state index is -0.544. The van der Waals surface area contributed by atoms with Gasteiger partial charge in [0.2, 0.25) is 0 Å². The Labute approximate surface area is 208 Å². The van der Waals surface area contributed by atoms with Gasteiger partial charge in [-0.15, -0.1) is 11.3 Å². The smallest absolute Gasteiger partial charge is 0.162 e. The number of fused-ring (bicyclic) bond motifs is 1.